The number of nitrogens with one attached hydrogen (secondary N) is 1. The van der Waals surface area contributed by atoms with Gasteiger partial charge in [0.2, 0.25) is 0 Å². The Balaban J connectivity index is 2.02. The summed E-state index contributed by atoms with van der Waals surface area (Å²) in [5, 5.41) is 3.43. The lowest BCUT2D eigenvalue weighted by atomic mass is 9.77. The number of halogens is 1. The van der Waals surface area contributed by atoms with Crippen LogP contribution in [0.3, 0.4) is 0 Å². The second-order valence-corrected chi connectivity index (χ2v) is 6.07. The molecule has 0 aliphatic heterocycles. The van der Waals surface area contributed by atoms with E-state index in [0.29, 0.717) is 12.0 Å². The first-order valence-electron chi connectivity index (χ1n) is 6.81. The summed E-state index contributed by atoms with van der Waals surface area (Å²) < 4.78 is 1.15. The standard InChI is InChI=1S/C17H18BrN/c1-19-17-11-10-14(12-6-8-13(18)9-7-12)15-4-2-3-5-16(15)17/h2-9,14,17,19H,10-11H2,1H3/t14?,17-/m1/s1. The Kier molecular flexibility index (Phi) is 3.72. The molecule has 0 heterocycles. The molecule has 0 aromatic heterocycles. The molecule has 0 saturated heterocycles. The molecule has 0 amide bonds. The highest BCUT2D eigenvalue weighted by Gasteiger charge is 2.26. The van der Waals surface area contributed by atoms with Crippen molar-refractivity contribution in [3.63, 3.8) is 0 Å². The Morgan fingerprint density at radius 2 is 1.63 bits per heavy atom. The van der Waals surface area contributed by atoms with Crippen LogP contribution in [0.2, 0.25) is 0 Å². The fourth-order valence-electron chi connectivity index (χ4n) is 3.13. The van der Waals surface area contributed by atoms with Gasteiger partial charge in [-0.15, -0.1) is 0 Å². The molecule has 1 aliphatic rings. The zero-order chi connectivity index (χ0) is 13.2. The lowest BCUT2D eigenvalue weighted by molar-refractivity contribution is 0.471. The molecule has 98 valence electrons. The highest BCUT2D eigenvalue weighted by Crippen LogP contribution is 2.41. The summed E-state index contributed by atoms with van der Waals surface area (Å²) in [5.41, 5.74) is 4.37. The van der Waals surface area contributed by atoms with Crippen LogP contribution >= 0.6 is 15.9 Å². The number of rotatable bonds is 2. The van der Waals surface area contributed by atoms with Crippen LogP contribution in [0.25, 0.3) is 0 Å². The Hall–Kier alpha value is -1.12. The lowest BCUT2D eigenvalue weighted by Crippen LogP contribution is -2.24. The molecule has 0 radical (unpaired) electrons. The summed E-state index contributed by atoms with van der Waals surface area (Å²) in [6.45, 7) is 0. The molecule has 2 aromatic rings. The SMILES string of the molecule is CN[C@@H]1CCC(c2ccc(Br)cc2)c2ccccc21. The molecule has 0 bridgehead atoms. The zero-order valence-electron chi connectivity index (χ0n) is 11.1. The normalized spacial score (nSPS) is 22.0. The van der Waals surface area contributed by atoms with Gasteiger partial charge in [-0.25, -0.2) is 0 Å². The van der Waals surface area contributed by atoms with Crippen molar-refractivity contribution >= 4 is 15.9 Å². The van der Waals surface area contributed by atoms with E-state index in [2.05, 4.69) is 76.8 Å². The van der Waals surface area contributed by atoms with Crippen LogP contribution < -0.4 is 5.32 Å². The first kappa shape index (κ1) is 12.9. The van der Waals surface area contributed by atoms with E-state index in [-0.39, 0.29) is 0 Å². The quantitative estimate of drug-likeness (QED) is 0.851. The lowest BCUT2D eigenvalue weighted by Gasteiger charge is -2.31. The van der Waals surface area contributed by atoms with E-state index in [4.69, 9.17) is 0 Å². The van der Waals surface area contributed by atoms with E-state index in [1.54, 1.807) is 0 Å². The predicted octanol–water partition coefficient (Wildman–Crippen LogP) is 4.64. The molecular formula is C17H18BrN. The van der Waals surface area contributed by atoms with Crippen LogP contribution in [-0.2, 0) is 0 Å². The van der Waals surface area contributed by atoms with Crippen molar-refractivity contribution < 1.29 is 0 Å². The van der Waals surface area contributed by atoms with E-state index >= 15 is 0 Å². The summed E-state index contributed by atoms with van der Waals surface area (Å²) in [6, 6.07) is 18.1. The molecule has 1 unspecified atom stereocenters. The van der Waals surface area contributed by atoms with Gasteiger partial charge < -0.3 is 5.32 Å². The van der Waals surface area contributed by atoms with Crippen LogP contribution in [0, 0.1) is 0 Å². The monoisotopic (exact) mass is 315 g/mol. The van der Waals surface area contributed by atoms with Gasteiger partial charge in [0.25, 0.3) is 0 Å². The Morgan fingerprint density at radius 3 is 2.32 bits per heavy atom. The van der Waals surface area contributed by atoms with Gasteiger partial charge in [0.05, 0.1) is 0 Å². The van der Waals surface area contributed by atoms with Crippen molar-refractivity contribution in [2.75, 3.05) is 7.05 Å². The minimum atomic E-state index is 0.503. The van der Waals surface area contributed by atoms with Gasteiger partial charge in [-0.1, -0.05) is 52.3 Å². The predicted molar refractivity (Wildman–Crippen MR) is 83.5 cm³/mol. The van der Waals surface area contributed by atoms with Crippen LogP contribution in [0.5, 0.6) is 0 Å². The largest absolute Gasteiger partial charge is 0.313 e. The summed E-state index contributed by atoms with van der Waals surface area (Å²) in [5.74, 6) is 0.536. The maximum atomic E-state index is 3.51. The molecule has 1 aliphatic carbocycles. The maximum Gasteiger partial charge on any atom is 0.0320 e. The molecule has 2 atom stereocenters. The highest BCUT2D eigenvalue weighted by atomic mass is 79.9. The van der Waals surface area contributed by atoms with Crippen LogP contribution in [0.1, 0.15) is 41.5 Å². The fourth-order valence-corrected chi connectivity index (χ4v) is 3.40. The van der Waals surface area contributed by atoms with E-state index in [1.807, 2.05) is 0 Å². The van der Waals surface area contributed by atoms with E-state index < -0.39 is 0 Å². The number of hydrogen-bond acceptors (Lipinski definition) is 1. The number of hydrogen-bond donors (Lipinski definition) is 1. The molecule has 1 N–H and O–H groups in total. The molecule has 3 rings (SSSR count). The third-order valence-corrected chi connectivity index (χ3v) is 4.64. The van der Waals surface area contributed by atoms with Crippen molar-refractivity contribution in [3.05, 3.63) is 69.7 Å². The Morgan fingerprint density at radius 1 is 0.947 bits per heavy atom. The van der Waals surface area contributed by atoms with Gasteiger partial charge in [-0.3, -0.25) is 0 Å². The molecule has 0 saturated carbocycles. The van der Waals surface area contributed by atoms with Gasteiger partial charge in [-0.05, 0) is 48.7 Å². The van der Waals surface area contributed by atoms with Crippen molar-refractivity contribution in [2.24, 2.45) is 0 Å². The number of fused-ring (bicyclic) bond motifs is 1. The van der Waals surface area contributed by atoms with Crippen LogP contribution in [0.4, 0.5) is 0 Å². The smallest absolute Gasteiger partial charge is 0.0320 e. The zero-order valence-corrected chi connectivity index (χ0v) is 12.7. The Bertz CT molecular complexity index is 562. The minimum Gasteiger partial charge on any atom is -0.313 e. The van der Waals surface area contributed by atoms with Gasteiger partial charge in [0.1, 0.15) is 0 Å². The summed E-state index contributed by atoms with van der Waals surface area (Å²) >= 11 is 3.51. The van der Waals surface area contributed by atoms with Crippen LogP contribution in [0.15, 0.2) is 53.0 Å². The molecule has 19 heavy (non-hydrogen) atoms. The Labute approximate surface area is 123 Å². The van der Waals surface area contributed by atoms with E-state index in [1.165, 1.54) is 29.5 Å². The third-order valence-electron chi connectivity index (χ3n) is 4.11. The average Bonchev–Trinajstić information content (AvgIpc) is 2.47. The first-order chi connectivity index (χ1) is 9.29. The van der Waals surface area contributed by atoms with Crippen molar-refractivity contribution in [3.8, 4) is 0 Å². The van der Waals surface area contributed by atoms with Gasteiger partial charge in [0.15, 0.2) is 0 Å². The average molecular weight is 316 g/mol. The molecule has 2 aromatic carbocycles. The van der Waals surface area contributed by atoms with Gasteiger partial charge in [0, 0.05) is 16.4 Å². The second kappa shape index (κ2) is 5.48. The van der Waals surface area contributed by atoms with Crippen molar-refractivity contribution in [1.29, 1.82) is 0 Å². The topological polar surface area (TPSA) is 12.0 Å². The van der Waals surface area contributed by atoms with Gasteiger partial charge in [-0.2, -0.15) is 0 Å². The van der Waals surface area contributed by atoms with Crippen molar-refractivity contribution in [1.82, 2.24) is 5.32 Å². The molecular weight excluding hydrogens is 298 g/mol. The third kappa shape index (κ3) is 2.47. The van der Waals surface area contributed by atoms with Crippen LogP contribution in [-0.4, -0.2) is 7.05 Å². The maximum absolute atomic E-state index is 3.51. The minimum absolute atomic E-state index is 0.503. The van der Waals surface area contributed by atoms with E-state index in [0.717, 1.165) is 4.47 Å². The first-order valence-corrected chi connectivity index (χ1v) is 7.60. The summed E-state index contributed by atoms with van der Waals surface area (Å²) in [6.07, 6.45) is 2.42. The highest BCUT2D eigenvalue weighted by molar-refractivity contribution is 9.10. The van der Waals surface area contributed by atoms with E-state index in [9.17, 15) is 0 Å². The molecule has 2 heteroatoms. The summed E-state index contributed by atoms with van der Waals surface area (Å²) in [7, 11) is 2.06. The number of benzene rings is 2. The molecule has 1 nitrogen and oxygen atoms in total. The molecule has 0 spiro atoms. The molecule has 0 fully saturated rings. The second-order valence-electron chi connectivity index (χ2n) is 5.15. The van der Waals surface area contributed by atoms with Gasteiger partial charge >= 0.3 is 0 Å². The van der Waals surface area contributed by atoms with Crippen molar-refractivity contribution in [2.45, 2.75) is 24.8 Å². The fraction of sp³-hybridized carbons (Fsp3) is 0.294. The summed E-state index contributed by atoms with van der Waals surface area (Å²) in [4.78, 5) is 0.